The standard InChI is InChI=1S/C18H21N5O2S2/c1-8-12-9(2)20-16(18(3,4)5)23-15(12)27-13(8)14(25)22-17-21-10(7-26-17)6-11(19)24/h7H,6H2,1-5H3,(H2,19,24)(H,21,22,25). The number of fused-ring (bicyclic) bond motifs is 1. The number of thiophene rings is 1. The van der Waals surface area contributed by atoms with Crippen LogP contribution in [0.5, 0.6) is 0 Å². The third kappa shape index (κ3) is 3.98. The smallest absolute Gasteiger partial charge is 0.267 e. The van der Waals surface area contributed by atoms with Crippen LogP contribution in [0.15, 0.2) is 5.38 Å². The fraction of sp³-hybridized carbons (Fsp3) is 0.389. The second kappa shape index (κ2) is 6.97. The second-order valence-electron chi connectivity index (χ2n) is 7.36. The van der Waals surface area contributed by atoms with Crippen molar-refractivity contribution in [2.45, 2.75) is 46.5 Å². The summed E-state index contributed by atoms with van der Waals surface area (Å²) in [6.45, 7) is 10.0. The zero-order valence-corrected chi connectivity index (χ0v) is 17.5. The predicted octanol–water partition coefficient (Wildman–Crippen LogP) is 3.34. The first kappa shape index (κ1) is 19.4. The zero-order chi connectivity index (χ0) is 19.9. The monoisotopic (exact) mass is 403 g/mol. The van der Waals surface area contributed by atoms with Gasteiger partial charge in [0.15, 0.2) is 5.13 Å². The summed E-state index contributed by atoms with van der Waals surface area (Å²) in [5.74, 6) is 0.0612. The lowest BCUT2D eigenvalue weighted by Crippen LogP contribution is -2.16. The molecule has 3 heterocycles. The van der Waals surface area contributed by atoms with Crippen LogP contribution in [0, 0.1) is 13.8 Å². The Kier molecular flexibility index (Phi) is 5.00. The molecule has 27 heavy (non-hydrogen) atoms. The van der Waals surface area contributed by atoms with Crippen molar-refractivity contribution in [1.29, 1.82) is 0 Å². The molecule has 0 aromatic carbocycles. The molecule has 2 amide bonds. The highest BCUT2D eigenvalue weighted by Crippen LogP contribution is 2.33. The summed E-state index contributed by atoms with van der Waals surface area (Å²) in [6.07, 6.45) is 0.0542. The van der Waals surface area contributed by atoms with Crippen LogP contribution in [-0.4, -0.2) is 26.8 Å². The molecule has 0 bridgehead atoms. The fourth-order valence-electron chi connectivity index (χ4n) is 2.67. The number of anilines is 1. The molecular weight excluding hydrogens is 382 g/mol. The number of nitrogens with one attached hydrogen (secondary N) is 1. The third-order valence-electron chi connectivity index (χ3n) is 3.98. The molecule has 0 aliphatic rings. The maximum absolute atomic E-state index is 12.8. The van der Waals surface area contributed by atoms with Gasteiger partial charge in [-0.05, 0) is 19.4 Å². The van der Waals surface area contributed by atoms with Crippen LogP contribution in [0.1, 0.15) is 53.2 Å². The lowest BCUT2D eigenvalue weighted by Gasteiger charge is -2.16. The van der Waals surface area contributed by atoms with Crippen molar-refractivity contribution in [2.75, 3.05) is 5.32 Å². The van der Waals surface area contributed by atoms with E-state index in [-0.39, 0.29) is 17.7 Å². The first-order chi connectivity index (χ1) is 12.6. The van der Waals surface area contributed by atoms with Gasteiger partial charge in [-0.15, -0.1) is 22.7 Å². The van der Waals surface area contributed by atoms with Gasteiger partial charge in [0, 0.05) is 16.2 Å². The summed E-state index contributed by atoms with van der Waals surface area (Å²) in [5, 5.41) is 5.87. The van der Waals surface area contributed by atoms with Crippen molar-refractivity contribution in [1.82, 2.24) is 15.0 Å². The van der Waals surface area contributed by atoms with E-state index in [4.69, 9.17) is 5.73 Å². The highest BCUT2D eigenvalue weighted by Gasteiger charge is 2.23. The molecule has 7 nitrogen and oxygen atoms in total. The molecule has 9 heteroatoms. The van der Waals surface area contributed by atoms with Crippen LogP contribution in [0.3, 0.4) is 0 Å². The van der Waals surface area contributed by atoms with Crippen LogP contribution in [0.25, 0.3) is 10.2 Å². The maximum atomic E-state index is 12.8. The summed E-state index contributed by atoms with van der Waals surface area (Å²) in [4.78, 5) is 38.7. The van der Waals surface area contributed by atoms with E-state index in [0.717, 1.165) is 27.3 Å². The first-order valence-corrected chi connectivity index (χ1v) is 10.1. The SMILES string of the molecule is Cc1nc(C(C)(C)C)nc2sc(C(=O)Nc3nc(CC(N)=O)cs3)c(C)c12. The Morgan fingerprint density at radius 1 is 1.19 bits per heavy atom. The molecule has 0 aliphatic heterocycles. The molecule has 0 fully saturated rings. The van der Waals surface area contributed by atoms with Gasteiger partial charge < -0.3 is 5.73 Å². The largest absolute Gasteiger partial charge is 0.369 e. The Bertz CT molecular complexity index is 1050. The lowest BCUT2D eigenvalue weighted by molar-refractivity contribution is -0.117. The lowest BCUT2D eigenvalue weighted by atomic mass is 9.95. The van der Waals surface area contributed by atoms with Crippen molar-refractivity contribution in [3.05, 3.63) is 33.0 Å². The second-order valence-corrected chi connectivity index (χ2v) is 9.22. The van der Waals surface area contributed by atoms with E-state index in [2.05, 4.69) is 41.0 Å². The molecule has 0 unspecified atom stereocenters. The molecule has 3 N–H and O–H groups in total. The normalized spacial score (nSPS) is 11.7. The zero-order valence-electron chi connectivity index (χ0n) is 15.8. The highest BCUT2D eigenvalue weighted by atomic mass is 32.1. The summed E-state index contributed by atoms with van der Waals surface area (Å²) in [5.41, 5.74) is 7.28. The Morgan fingerprint density at radius 2 is 1.89 bits per heavy atom. The molecule has 0 saturated carbocycles. The number of rotatable bonds is 4. The van der Waals surface area contributed by atoms with Gasteiger partial charge in [0.25, 0.3) is 5.91 Å². The van der Waals surface area contributed by atoms with Crippen LogP contribution < -0.4 is 11.1 Å². The number of aryl methyl sites for hydroxylation is 2. The summed E-state index contributed by atoms with van der Waals surface area (Å²) in [6, 6.07) is 0. The minimum absolute atomic E-state index is 0.0542. The molecule has 142 valence electrons. The van der Waals surface area contributed by atoms with Gasteiger partial charge in [0.1, 0.15) is 10.7 Å². The number of nitrogens with two attached hydrogens (primary N) is 1. The molecule has 0 radical (unpaired) electrons. The molecule has 0 spiro atoms. The third-order valence-corrected chi connectivity index (χ3v) is 5.97. The van der Waals surface area contributed by atoms with Crippen LogP contribution >= 0.6 is 22.7 Å². The van der Waals surface area contributed by atoms with E-state index in [1.54, 1.807) is 5.38 Å². The number of carbonyl (C=O) groups is 2. The number of amides is 2. The Hall–Kier alpha value is -2.39. The topological polar surface area (TPSA) is 111 Å². The quantitative estimate of drug-likeness (QED) is 0.694. The number of primary amides is 1. The Labute approximate surface area is 165 Å². The Balaban J connectivity index is 1.93. The fourth-order valence-corrected chi connectivity index (χ4v) is 4.50. The van der Waals surface area contributed by atoms with Gasteiger partial charge in [-0.25, -0.2) is 15.0 Å². The van der Waals surface area contributed by atoms with Gasteiger partial charge >= 0.3 is 0 Å². The van der Waals surface area contributed by atoms with Crippen molar-refractivity contribution in [2.24, 2.45) is 5.73 Å². The summed E-state index contributed by atoms with van der Waals surface area (Å²) in [7, 11) is 0. The van der Waals surface area contributed by atoms with E-state index in [1.165, 1.54) is 22.7 Å². The summed E-state index contributed by atoms with van der Waals surface area (Å²) >= 11 is 2.61. The number of hydrogen-bond acceptors (Lipinski definition) is 7. The molecular formula is C18H21N5O2S2. The highest BCUT2D eigenvalue weighted by molar-refractivity contribution is 7.21. The van der Waals surface area contributed by atoms with Crippen molar-refractivity contribution in [3.63, 3.8) is 0 Å². The minimum atomic E-state index is -0.456. The number of hydrogen-bond donors (Lipinski definition) is 2. The number of aromatic nitrogens is 3. The number of nitrogens with zero attached hydrogens (tertiary/aromatic N) is 3. The average molecular weight is 404 g/mol. The average Bonchev–Trinajstić information content (AvgIpc) is 3.10. The van der Waals surface area contributed by atoms with Gasteiger partial charge in [0.05, 0.1) is 22.7 Å². The molecule has 3 aromatic heterocycles. The molecule has 0 atom stereocenters. The van der Waals surface area contributed by atoms with Crippen molar-refractivity contribution in [3.8, 4) is 0 Å². The van der Waals surface area contributed by atoms with Crippen LogP contribution in [0.2, 0.25) is 0 Å². The van der Waals surface area contributed by atoms with Crippen LogP contribution in [-0.2, 0) is 16.6 Å². The number of carbonyl (C=O) groups excluding carboxylic acids is 2. The van der Waals surface area contributed by atoms with Crippen molar-refractivity contribution >= 4 is 49.8 Å². The van der Waals surface area contributed by atoms with Gasteiger partial charge in [-0.3, -0.25) is 14.9 Å². The Morgan fingerprint density at radius 3 is 2.52 bits per heavy atom. The van der Waals surface area contributed by atoms with E-state index in [1.807, 2.05) is 13.8 Å². The van der Waals surface area contributed by atoms with E-state index in [9.17, 15) is 9.59 Å². The molecule has 0 aliphatic carbocycles. The maximum Gasteiger partial charge on any atom is 0.267 e. The molecule has 3 rings (SSSR count). The van der Waals surface area contributed by atoms with Gasteiger partial charge in [-0.1, -0.05) is 20.8 Å². The molecule has 0 saturated heterocycles. The van der Waals surface area contributed by atoms with Crippen LogP contribution in [0.4, 0.5) is 5.13 Å². The van der Waals surface area contributed by atoms with Crippen molar-refractivity contribution < 1.29 is 9.59 Å². The number of thiazole rings is 1. The van der Waals surface area contributed by atoms with Gasteiger partial charge in [-0.2, -0.15) is 0 Å². The van der Waals surface area contributed by atoms with E-state index in [0.29, 0.717) is 15.7 Å². The summed E-state index contributed by atoms with van der Waals surface area (Å²) < 4.78 is 0. The van der Waals surface area contributed by atoms with Gasteiger partial charge in [0.2, 0.25) is 5.91 Å². The predicted molar refractivity (Wildman–Crippen MR) is 109 cm³/mol. The first-order valence-electron chi connectivity index (χ1n) is 8.38. The molecule has 3 aromatic rings. The van der Waals surface area contributed by atoms with E-state index < -0.39 is 5.91 Å². The minimum Gasteiger partial charge on any atom is -0.369 e. The van der Waals surface area contributed by atoms with E-state index >= 15 is 0 Å².